The number of amides is 3. The van der Waals surface area contributed by atoms with Crippen molar-refractivity contribution < 1.29 is 14.4 Å². The Morgan fingerprint density at radius 2 is 1.59 bits per heavy atom. The molecule has 22 heavy (non-hydrogen) atoms. The van der Waals surface area contributed by atoms with E-state index in [0.29, 0.717) is 32.5 Å². The third-order valence-corrected chi connectivity index (χ3v) is 4.57. The standard InChI is InChI=1S/C16H27N3O3/c1-3-9-17-16(22)19-11-6-8-13(19)15(21)12-7-5-10-18(12)14(20)4-2/h12-13H,3-11H2,1-2H3,(H,17,22)/t12-,13?/m0/s1. The first kappa shape index (κ1) is 16.8. The maximum atomic E-state index is 12.9. The van der Waals surface area contributed by atoms with Crippen molar-refractivity contribution in [3.63, 3.8) is 0 Å². The molecule has 0 aromatic rings. The van der Waals surface area contributed by atoms with E-state index >= 15 is 0 Å². The van der Waals surface area contributed by atoms with Crippen molar-refractivity contribution in [1.82, 2.24) is 15.1 Å². The Hall–Kier alpha value is -1.59. The van der Waals surface area contributed by atoms with Gasteiger partial charge < -0.3 is 15.1 Å². The van der Waals surface area contributed by atoms with Crippen LogP contribution < -0.4 is 5.32 Å². The first-order chi connectivity index (χ1) is 10.6. The summed E-state index contributed by atoms with van der Waals surface area (Å²) in [6.07, 6.45) is 4.46. The maximum Gasteiger partial charge on any atom is 0.318 e. The molecule has 1 N–H and O–H groups in total. The molecule has 2 rings (SSSR count). The van der Waals surface area contributed by atoms with E-state index in [0.717, 1.165) is 25.7 Å². The van der Waals surface area contributed by atoms with Crippen LogP contribution in [-0.4, -0.2) is 59.2 Å². The smallest absolute Gasteiger partial charge is 0.318 e. The van der Waals surface area contributed by atoms with Crippen molar-refractivity contribution in [2.24, 2.45) is 0 Å². The Kier molecular flexibility index (Phi) is 5.80. The van der Waals surface area contributed by atoms with Gasteiger partial charge in [0.05, 0.1) is 12.1 Å². The van der Waals surface area contributed by atoms with Crippen LogP contribution in [0.3, 0.4) is 0 Å². The molecule has 0 aromatic heterocycles. The minimum absolute atomic E-state index is 0.0378. The lowest BCUT2D eigenvalue weighted by molar-refractivity contribution is -0.138. The summed E-state index contributed by atoms with van der Waals surface area (Å²) in [7, 11) is 0. The van der Waals surface area contributed by atoms with E-state index in [1.807, 2.05) is 13.8 Å². The number of rotatable bonds is 5. The third kappa shape index (κ3) is 3.42. The van der Waals surface area contributed by atoms with E-state index in [2.05, 4.69) is 5.32 Å². The molecule has 2 heterocycles. The lowest BCUT2D eigenvalue weighted by atomic mass is 10.0. The number of nitrogens with zero attached hydrogens (tertiary/aromatic N) is 2. The predicted octanol–water partition coefficient (Wildman–Crippen LogP) is 1.54. The number of likely N-dealkylation sites (tertiary alicyclic amines) is 2. The van der Waals surface area contributed by atoms with Crippen molar-refractivity contribution in [2.45, 2.75) is 64.5 Å². The van der Waals surface area contributed by atoms with Gasteiger partial charge in [-0.2, -0.15) is 0 Å². The van der Waals surface area contributed by atoms with Gasteiger partial charge in [-0.1, -0.05) is 13.8 Å². The molecule has 1 unspecified atom stereocenters. The second-order valence-electron chi connectivity index (χ2n) is 6.08. The molecule has 0 aromatic carbocycles. The molecule has 6 nitrogen and oxygen atoms in total. The quantitative estimate of drug-likeness (QED) is 0.837. The summed E-state index contributed by atoms with van der Waals surface area (Å²) in [6.45, 7) is 5.74. The van der Waals surface area contributed by atoms with Crippen molar-refractivity contribution in [3.05, 3.63) is 0 Å². The van der Waals surface area contributed by atoms with Crippen LogP contribution in [0.25, 0.3) is 0 Å². The number of urea groups is 1. The van der Waals surface area contributed by atoms with Crippen LogP contribution in [0.2, 0.25) is 0 Å². The minimum atomic E-state index is -0.368. The summed E-state index contributed by atoms with van der Waals surface area (Å²) >= 11 is 0. The number of ketones is 1. The highest BCUT2D eigenvalue weighted by molar-refractivity contribution is 5.95. The Balaban J connectivity index is 2.04. The van der Waals surface area contributed by atoms with Crippen LogP contribution >= 0.6 is 0 Å². The van der Waals surface area contributed by atoms with Crippen LogP contribution in [0, 0.1) is 0 Å². The van der Waals surface area contributed by atoms with E-state index in [-0.39, 0.29) is 29.8 Å². The molecule has 2 fully saturated rings. The summed E-state index contributed by atoms with van der Waals surface area (Å²) in [5.74, 6) is 0.0827. The number of hydrogen-bond donors (Lipinski definition) is 1. The molecule has 6 heteroatoms. The number of nitrogens with one attached hydrogen (secondary N) is 1. The normalized spacial score (nSPS) is 24.6. The molecule has 3 amide bonds. The molecule has 0 aliphatic carbocycles. The minimum Gasteiger partial charge on any atom is -0.338 e. The van der Waals surface area contributed by atoms with Gasteiger partial charge in [-0.05, 0) is 32.1 Å². The fourth-order valence-electron chi connectivity index (χ4n) is 3.43. The van der Waals surface area contributed by atoms with Gasteiger partial charge in [0.25, 0.3) is 0 Å². The Labute approximate surface area is 132 Å². The van der Waals surface area contributed by atoms with E-state index in [4.69, 9.17) is 0 Å². The number of carbonyl (C=O) groups excluding carboxylic acids is 3. The zero-order valence-corrected chi connectivity index (χ0v) is 13.6. The SMILES string of the molecule is CCCNC(=O)N1CCCC1C(=O)[C@@H]1CCCN1C(=O)CC. The molecule has 2 atom stereocenters. The van der Waals surface area contributed by atoms with Crippen molar-refractivity contribution in [2.75, 3.05) is 19.6 Å². The van der Waals surface area contributed by atoms with Gasteiger partial charge in [-0.25, -0.2) is 4.79 Å². The van der Waals surface area contributed by atoms with Gasteiger partial charge in [0.2, 0.25) is 5.91 Å². The fraction of sp³-hybridized carbons (Fsp3) is 0.812. The van der Waals surface area contributed by atoms with Gasteiger partial charge in [-0.3, -0.25) is 9.59 Å². The second-order valence-corrected chi connectivity index (χ2v) is 6.08. The lowest BCUT2D eigenvalue weighted by Crippen LogP contribution is -2.52. The highest BCUT2D eigenvalue weighted by Crippen LogP contribution is 2.26. The van der Waals surface area contributed by atoms with Crippen molar-refractivity contribution in [1.29, 1.82) is 0 Å². The largest absolute Gasteiger partial charge is 0.338 e. The average molecular weight is 309 g/mol. The zero-order valence-electron chi connectivity index (χ0n) is 13.6. The lowest BCUT2D eigenvalue weighted by Gasteiger charge is -2.30. The van der Waals surface area contributed by atoms with Gasteiger partial charge in [-0.15, -0.1) is 0 Å². The number of Topliss-reactive ketones (excluding diaryl/α,β-unsaturated/α-hetero) is 1. The van der Waals surface area contributed by atoms with Crippen molar-refractivity contribution >= 4 is 17.7 Å². The monoisotopic (exact) mass is 309 g/mol. The van der Waals surface area contributed by atoms with Crippen molar-refractivity contribution in [3.8, 4) is 0 Å². The number of carbonyl (C=O) groups is 3. The molecule has 0 radical (unpaired) electrons. The van der Waals surface area contributed by atoms with E-state index in [9.17, 15) is 14.4 Å². The summed E-state index contributed by atoms with van der Waals surface area (Å²) in [5.41, 5.74) is 0. The van der Waals surface area contributed by atoms with Gasteiger partial charge in [0.15, 0.2) is 5.78 Å². The zero-order chi connectivity index (χ0) is 16.1. The second kappa shape index (κ2) is 7.61. The maximum absolute atomic E-state index is 12.9. The first-order valence-corrected chi connectivity index (χ1v) is 8.47. The van der Waals surface area contributed by atoms with Gasteiger partial charge >= 0.3 is 6.03 Å². The molecule has 0 saturated carbocycles. The van der Waals surface area contributed by atoms with E-state index < -0.39 is 0 Å². The van der Waals surface area contributed by atoms with Crippen LogP contribution in [0.15, 0.2) is 0 Å². The van der Waals surface area contributed by atoms with Crippen LogP contribution in [-0.2, 0) is 9.59 Å². The topological polar surface area (TPSA) is 69.7 Å². The Morgan fingerprint density at radius 3 is 2.18 bits per heavy atom. The summed E-state index contributed by atoms with van der Waals surface area (Å²) in [6, 6.07) is -0.854. The molecular weight excluding hydrogens is 282 g/mol. The van der Waals surface area contributed by atoms with E-state index in [1.54, 1.807) is 9.80 Å². The number of hydrogen-bond acceptors (Lipinski definition) is 3. The van der Waals surface area contributed by atoms with Crippen LogP contribution in [0.5, 0.6) is 0 Å². The molecular formula is C16H27N3O3. The molecule has 2 saturated heterocycles. The third-order valence-electron chi connectivity index (χ3n) is 4.57. The molecule has 0 bridgehead atoms. The predicted molar refractivity (Wildman–Crippen MR) is 83.5 cm³/mol. The molecule has 2 aliphatic heterocycles. The summed E-state index contributed by atoms with van der Waals surface area (Å²) in [5, 5.41) is 2.85. The van der Waals surface area contributed by atoms with E-state index in [1.165, 1.54) is 0 Å². The summed E-state index contributed by atoms with van der Waals surface area (Å²) in [4.78, 5) is 40.4. The molecule has 124 valence electrons. The highest BCUT2D eigenvalue weighted by atomic mass is 16.2. The molecule has 0 spiro atoms. The fourth-order valence-corrected chi connectivity index (χ4v) is 3.43. The van der Waals surface area contributed by atoms with Gasteiger partial charge in [0.1, 0.15) is 0 Å². The Bertz CT molecular complexity index is 438. The van der Waals surface area contributed by atoms with Crippen LogP contribution in [0.1, 0.15) is 52.4 Å². The summed E-state index contributed by atoms with van der Waals surface area (Å²) < 4.78 is 0. The average Bonchev–Trinajstić information content (AvgIpc) is 3.19. The van der Waals surface area contributed by atoms with Crippen LogP contribution in [0.4, 0.5) is 4.79 Å². The molecule has 2 aliphatic rings. The highest BCUT2D eigenvalue weighted by Gasteiger charge is 2.41. The first-order valence-electron chi connectivity index (χ1n) is 8.47. The van der Waals surface area contributed by atoms with Gasteiger partial charge in [0, 0.05) is 26.1 Å². The Morgan fingerprint density at radius 1 is 1.00 bits per heavy atom.